The van der Waals surface area contributed by atoms with E-state index in [-0.39, 0.29) is 5.84 Å². The Morgan fingerprint density at radius 1 is 1.50 bits per heavy atom. The van der Waals surface area contributed by atoms with Crippen LogP contribution in [-0.4, -0.2) is 50.2 Å². The number of anilines is 1. The highest BCUT2D eigenvalue weighted by molar-refractivity contribution is 6.01. The smallest absolute Gasteiger partial charge is 0.341 e. The molecule has 2 rings (SSSR count). The van der Waals surface area contributed by atoms with E-state index in [0.717, 1.165) is 0 Å². The highest BCUT2D eigenvalue weighted by atomic mass is 16.5. The van der Waals surface area contributed by atoms with Crippen molar-refractivity contribution in [3.63, 3.8) is 0 Å². The SMILES string of the molecule is COC(=O)c1cc(C(N)=NN)cnc1N1CCOCC1. The molecular weight excluding hydrogens is 262 g/mol. The van der Waals surface area contributed by atoms with Crippen LogP contribution in [0, 0.1) is 0 Å². The summed E-state index contributed by atoms with van der Waals surface area (Å²) in [6, 6.07) is 1.58. The standard InChI is InChI=1S/C12H17N5O3/c1-19-12(18)9-6-8(10(13)16-14)7-15-11(9)17-2-4-20-5-3-17/h6-7H,2-5,14H2,1H3,(H2,13,16). The maximum absolute atomic E-state index is 11.9. The molecule has 0 bridgehead atoms. The van der Waals surface area contributed by atoms with E-state index in [1.807, 2.05) is 4.90 Å². The van der Waals surface area contributed by atoms with Gasteiger partial charge in [-0.15, -0.1) is 0 Å². The van der Waals surface area contributed by atoms with Crippen molar-refractivity contribution in [2.75, 3.05) is 38.3 Å². The molecule has 1 fully saturated rings. The van der Waals surface area contributed by atoms with Crippen LogP contribution in [-0.2, 0) is 9.47 Å². The number of hydrogen-bond acceptors (Lipinski definition) is 7. The maximum Gasteiger partial charge on any atom is 0.341 e. The zero-order valence-corrected chi connectivity index (χ0v) is 11.2. The number of rotatable bonds is 3. The second-order valence-electron chi connectivity index (χ2n) is 4.20. The fourth-order valence-electron chi connectivity index (χ4n) is 1.96. The second kappa shape index (κ2) is 6.20. The number of nitrogens with two attached hydrogens (primary N) is 2. The molecule has 2 heterocycles. The Bertz CT molecular complexity index is 526. The van der Waals surface area contributed by atoms with Crippen molar-refractivity contribution in [1.29, 1.82) is 0 Å². The number of carbonyl (C=O) groups is 1. The van der Waals surface area contributed by atoms with E-state index in [0.29, 0.717) is 43.2 Å². The van der Waals surface area contributed by atoms with Gasteiger partial charge < -0.3 is 25.9 Å². The number of pyridine rings is 1. The fraction of sp³-hybridized carbons (Fsp3) is 0.417. The summed E-state index contributed by atoms with van der Waals surface area (Å²) in [5.41, 5.74) is 6.44. The van der Waals surface area contributed by atoms with Crippen LogP contribution < -0.4 is 16.5 Å². The van der Waals surface area contributed by atoms with E-state index >= 15 is 0 Å². The average molecular weight is 279 g/mol. The molecule has 1 aromatic rings. The molecule has 0 spiro atoms. The number of hydrogen-bond donors (Lipinski definition) is 2. The van der Waals surface area contributed by atoms with E-state index in [2.05, 4.69) is 10.1 Å². The van der Waals surface area contributed by atoms with Gasteiger partial charge in [0.15, 0.2) is 5.84 Å². The monoisotopic (exact) mass is 279 g/mol. The molecule has 0 atom stereocenters. The van der Waals surface area contributed by atoms with Gasteiger partial charge in [-0.1, -0.05) is 0 Å². The molecule has 0 amide bonds. The predicted octanol–water partition coefficient (Wildman–Crippen LogP) is -0.716. The molecule has 8 nitrogen and oxygen atoms in total. The first-order valence-electron chi connectivity index (χ1n) is 6.12. The summed E-state index contributed by atoms with van der Waals surface area (Å²) in [4.78, 5) is 18.2. The van der Waals surface area contributed by atoms with E-state index in [1.165, 1.54) is 13.3 Å². The van der Waals surface area contributed by atoms with Gasteiger partial charge in [0.25, 0.3) is 0 Å². The van der Waals surface area contributed by atoms with Gasteiger partial charge >= 0.3 is 5.97 Å². The fourth-order valence-corrected chi connectivity index (χ4v) is 1.96. The van der Waals surface area contributed by atoms with Gasteiger partial charge in [0.2, 0.25) is 0 Å². The molecular formula is C12H17N5O3. The lowest BCUT2D eigenvalue weighted by molar-refractivity contribution is 0.0600. The molecule has 1 aliphatic rings. The third-order valence-electron chi connectivity index (χ3n) is 3.02. The van der Waals surface area contributed by atoms with E-state index in [4.69, 9.17) is 21.1 Å². The van der Waals surface area contributed by atoms with Crippen molar-refractivity contribution in [3.8, 4) is 0 Å². The van der Waals surface area contributed by atoms with Crippen LogP contribution in [0.2, 0.25) is 0 Å². The molecule has 0 saturated carbocycles. The average Bonchev–Trinajstić information content (AvgIpc) is 2.53. The Labute approximate surface area is 116 Å². The highest BCUT2D eigenvalue weighted by Crippen LogP contribution is 2.21. The molecule has 20 heavy (non-hydrogen) atoms. The zero-order chi connectivity index (χ0) is 14.5. The number of carbonyl (C=O) groups excluding carboxylic acids is 1. The summed E-state index contributed by atoms with van der Waals surface area (Å²) in [7, 11) is 1.32. The normalized spacial score (nSPS) is 16.1. The van der Waals surface area contributed by atoms with E-state index in [9.17, 15) is 4.79 Å². The van der Waals surface area contributed by atoms with Crippen LogP contribution in [0.5, 0.6) is 0 Å². The maximum atomic E-state index is 11.9. The number of esters is 1. The van der Waals surface area contributed by atoms with Gasteiger partial charge in [0.1, 0.15) is 11.4 Å². The van der Waals surface area contributed by atoms with Crippen LogP contribution in [0.3, 0.4) is 0 Å². The lowest BCUT2D eigenvalue weighted by Gasteiger charge is -2.29. The summed E-state index contributed by atoms with van der Waals surface area (Å²) in [6.45, 7) is 2.51. The van der Waals surface area contributed by atoms with Crippen molar-refractivity contribution in [3.05, 3.63) is 23.4 Å². The number of nitrogens with zero attached hydrogens (tertiary/aromatic N) is 3. The third-order valence-corrected chi connectivity index (χ3v) is 3.02. The van der Waals surface area contributed by atoms with Gasteiger partial charge in [0.05, 0.1) is 20.3 Å². The Hall–Kier alpha value is -2.35. The molecule has 108 valence electrons. The summed E-state index contributed by atoms with van der Waals surface area (Å²) in [5.74, 6) is 5.31. The van der Waals surface area contributed by atoms with E-state index < -0.39 is 5.97 Å². The van der Waals surface area contributed by atoms with Crippen LogP contribution in [0.15, 0.2) is 17.4 Å². The summed E-state index contributed by atoms with van der Waals surface area (Å²) in [5, 5.41) is 3.40. The first-order valence-corrected chi connectivity index (χ1v) is 6.12. The summed E-state index contributed by atoms with van der Waals surface area (Å²) in [6.07, 6.45) is 1.53. The minimum absolute atomic E-state index is 0.108. The highest BCUT2D eigenvalue weighted by Gasteiger charge is 2.21. The molecule has 0 aromatic carbocycles. The Balaban J connectivity index is 2.42. The van der Waals surface area contributed by atoms with Crippen molar-refractivity contribution < 1.29 is 14.3 Å². The second-order valence-corrected chi connectivity index (χ2v) is 4.20. The quantitative estimate of drug-likeness (QED) is 0.247. The lowest BCUT2D eigenvalue weighted by Crippen LogP contribution is -2.38. The molecule has 1 saturated heterocycles. The molecule has 4 N–H and O–H groups in total. The molecule has 1 aromatic heterocycles. The zero-order valence-electron chi connectivity index (χ0n) is 11.2. The topological polar surface area (TPSA) is 116 Å². The molecule has 0 unspecified atom stereocenters. The van der Waals surface area contributed by atoms with Crippen LogP contribution in [0.25, 0.3) is 0 Å². The van der Waals surface area contributed by atoms with Crippen molar-refractivity contribution in [1.82, 2.24) is 4.98 Å². The predicted molar refractivity (Wildman–Crippen MR) is 73.5 cm³/mol. The Morgan fingerprint density at radius 2 is 2.20 bits per heavy atom. The minimum Gasteiger partial charge on any atom is -0.465 e. The van der Waals surface area contributed by atoms with Gasteiger partial charge in [-0.05, 0) is 6.07 Å². The molecule has 1 aliphatic heterocycles. The van der Waals surface area contributed by atoms with Crippen molar-refractivity contribution in [2.24, 2.45) is 16.7 Å². The first-order chi connectivity index (χ1) is 9.67. The molecule has 0 radical (unpaired) electrons. The summed E-state index contributed by atoms with van der Waals surface area (Å²) >= 11 is 0. The number of morpholine rings is 1. The third kappa shape index (κ3) is 2.80. The first kappa shape index (κ1) is 14.1. The lowest BCUT2D eigenvalue weighted by atomic mass is 10.1. The largest absolute Gasteiger partial charge is 0.465 e. The van der Waals surface area contributed by atoms with Gasteiger partial charge in [-0.3, -0.25) is 0 Å². The Kier molecular flexibility index (Phi) is 4.36. The van der Waals surface area contributed by atoms with Crippen LogP contribution in [0.4, 0.5) is 5.82 Å². The number of methoxy groups -OCH3 is 1. The van der Waals surface area contributed by atoms with Crippen LogP contribution >= 0.6 is 0 Å². The Morgan fingerprint density at radius 3 is 2.80 bits per heavy atom. The van der Waals surface area contributed by atoms with Gasteiger partial charge in [-0.2, -0.15) is 5.10 Å². The number of hydrazone groups is 1. The minimum atomic E-state index is -0.481. The van der Waals surface area contributed by atoms with Crippen molar-refractivity contribution >= 4 is 17.6 Å². The molecule has 8 heteroatoms. The summed E-state index contributed by atoms with van der Waals surface area (Å²) < 4.78 is 10.1. The molecule has 0 aliphatic carbocycles. The number of amidine groups is 1. The van der Waals surface area contributed by atoms with Gasteiger partial charge in [0, 0.05) is 24.8 Å². The van der Waals surface area contributed by atoms with E-state index in [1.54, 1.807) is 6.07 Å². The van der Waals surface area contributed by atoms with Gasteiger partial charge in [-0.25, -0.2) is 9.78 Å². The van der Waals surface area contributed by atoms with Crippen molar-refractivity contribution in [2.45, 2.75) is 0 Å². The van der Waals surface area contributed by atoms with Crippen LogP contribution in [0.1, 0.15) is 15.9 Å². The number of aromatic nitrogens is 1. The number of ether oxygens (including phenoxy) is 2.